The second-order valence-electron chi connectivity index (χ2n) is 4.38. The van der Waals surface area contributed by atoms with Crippen LogP contribution in [-0.4, -0.2) is 18.9 Å². The van der Waals surface area contributed by atoms with E-state index in [1.807, 2.05) is 25.8 Å². The fourth-order valence-electron chi connectivity index (χ4n) is 1.52. The van der Waals surface area contributed by atoms with Gasteiger partial charge in [0.2, 0.25) is 0 Å². The monoisotopic (exact) mass is 223 g/mol. The molecule has 0 heterocycles. The molecular weight excluding hydrogens is 205 g/mol. The molecule has 2 nitrogen and oxygen atoms in total. The van der Waals surface area contributed by atoms with Crippen molar-refractivity contribution >= 4 is 11.5 Å². The Balaban J connectivity index is 3.36. The number of nitrogens with zero attached hydrogens (tertiary/aromatic N) is 1. The van der Waals surface area contributed by atoms with Gasteiger partial charge < -0.3 is 4.90 Å². The van der Waals surface area contributed by atoms with E-state index in [1.165, 1.54) is 13.0 Å². The van der Waals surface area contributed by atoms with Crippen LogP contribution in [-0.2, 0) is 0 Å². The zero-order valence-corrected chi connectivity index (χ0v) is 10.5. The van der Waals surface area contributed by atoms with E-state index in [0.717, 1.165) is 5.69 Å². The minimum Gasteiger partial charge on any atom is -0.372 e. The quantitative estimate of drug-likeness (QED) is 0.733. The lowest BCUT2D eigenvalue weighted by Gasteiger charge is -2.26. The van der Waals surface area contributed by atoms with Crippen LogP contribution in [0.15, 0.2) is 12.1 Å². The SMILES string of the molecule is CC(=O)c1cc(F)c(C)cc1N(C)C(C)C. The van der Waals surface area contributed by atoms with Gasteiger partial charge in [0.15, 0.2) is 5.78 Å². The second-order valence-corrected chi connectivity index (χ2v) is 4.38. The van der Waals surface area contributed by atoms with Crippen LogP contribution in [0.3, 0.4) is 0 Å². The molecule has 3 heteroatoms. The van der Waals surface area contributed by atoms with Gasteiger partial charge in [-0.15, -0.1) is 0 Å². The smallest absolute Gasteiger partial charge is 0.161 e. The molecular formula is C13H18FNO. The molecule has 0 saturated heterocycles. The summed E-state index contributed by atoms with van der Waals surface area (Å²) in [5.74, 6) is -0.437. The fraction of sp³-hybridized carbons (Fsp3) is 0.462. The molecule has 0 saturated carbocycles. The van der Waals surface area contributed by atoms with E-state index in [0.29, 0.717) is 11.1 Å². The maximum atomic E-state index is 13.4. The summed E-state index contributed by atoms with van der Waals surface area (Å²) < 4.78 is 13.4. The molecule has 0 N–H and O–H groups in total. The number of rotatable bonds is 3. The number of anilines is 1. The van der Waals surface area contributed by atoms with Crippen LogP contribution in [0.5, 0.6) is 0 Å². The highest BCUT2D eigenvalue weighted by atomic mass is 19.1. The van der Waals surface area contributed by atoms with Crippen molar-refractivity contribution in [3.63, 3.8) is 0 Å². The Labute approximate surface area is 96.1 Å². The summed E-state index contributed by atoms with van der Waals surface area (Å²) in [5.41, 5.74) is 1.80. The van der Waals surface area contributed by atoms with Crippen LogP contribution in [0, 0.1) is 12.7 Å². The summed E-state index contributed by atoms with van der Waals surface area (Å²) in [6, 6.07) is 3.32. The molecule has 0 aliphatic rings. The molecule has 1 aromatic carbocycles. The van der Waals surface area contributed by atoms with Crippen molar-refractivity contribution < 1.29 is 9.18 Å². The Bertz CT molecular complexity index is 413. The summed E-state index contributed by atoms with van der Waals surface area (Å²) in [7, 11) is 1.91. The Morgan fingerprint density at radius 3 is 2.38 bits per heavy atom. The summed E-state index contributed by atoms with van der Waals surface area (Å²) in [4.78, 5) is 13.4. The number of carbonyl (C=O) groups is 1. The van der Waals surface area contributed by atoms with Gasteiger partial charge in [0, 0.05) is 24.3 Å². The van der Waals surface area contributed by atoms with E-state index in [2.05, 4.69) is 0 Å². The van der Waals surface area contributed by atoms with Crippen LogP contribution in [0.25, 0.3) is 0 Å². The first-order valence-corrected chi connectivity index (χ1v) is 5.38. The first kappa shape index (κ1) is 12.7. The van der Waals surface area contributed by atoms with Crippen molar-refractivity contribution in [2.45, 2.75) is 33.7 Å². The van der Waals surface area contributed by atoms with E-state index in [4.69, 9.17) is 0 Å². The third-order valence-electron chi connectivity index (χ3n) is 2.81. The molecule has 0 aliphatic carbocycles. The van der Waals surface area contributed by atoms with Crippen LogP contribution in [0.1, 0.15) is 36.7 Å². The molecule has 0 aromatic heterocycles. The van der Waals surface area contributed by atoms with Crippen molar-refractivity contribution in [1.29, 1.82) is 0 Å². The standard InChI is InChI=1S/C13H18FNO/c1-8(2)15(5)13-6-9(3)12(14)7-11(13)10(4)16/h6-8H,1-5H3. The van der Waals surface area contributed by atoms with Crippen LogP contribution < -0.4 is 4.90 Å². The highest BCUT2D eigenvalue weighted by Crippen LogP contribution is 2.25. The molecule has 0 radical (unpaired) electrons. The maximum absolute atomic E-state index is 13.4. The average molecular weight is 223 g/mol. The molecule has 0 spiro atoms. The van der Waals surface area contributed by atoms with Gasteiger partial charge in [-0.1, -0.05) is 0 Å². The molecule has 0 fully saturated rings. The molecule has 0 unspecified atom stereocenters. The fourth-order valence-corrected chi connectivity index (χ4v) is 1.52. The molecule has 88 valence electrons. The van der Waals surface area contributed by atoms with Gasteiger partial charge in [-0.25, -0.2) is 4.39 Å². The lowest BCUT2D eigenvalue weighted by atomic mass is 10.0. The summed E-state index contributed by atoms with van der Waals surface area (Å²) >= 11 is 0. The van der Waals surface area contributed by atoms with Crippen molar-refractivity contribution in [2.75, 3.05) is 11.9 Å². The number of hydrogen-bond acceptors (Lipinski definition) is 2. The predicted octanol–water partition coefficient (Wildman–Crippen LogP) is 3.18. The van der Waals surface area contributed by atoms with Gasteiger partial charge >= 0.3 is 0 Å². The third kappa shape index (κ3) is 2.40. The van der Waals surface area contributed by atoms with E-state index in [1.54, 1.807) is 13.0 Å². The van der Waals surface area contributed by atoms with Crippen molar-refractivity contribution in [3.05, 3.63) is 29.1 Å². The molecule has 1 aromatic rings. The van der Waals surface area contributed by atoms with Crippen molar-refractivity contribution in [1.82, 2.24) is 0 Å². The lowest BCUT2D eigenvalue weighted by molar-refractivity contribution is 0.101. The molecule has 16 heavy (non-hydrogen) atoms. The highest BCUT2D eigenvalue weighted by molar-refractivity contribution is 5.99. The molecule has 1 rings (SSSR count). The maximum Gasteiger partial charge on any atom is 0.161 e. The zero-order chi connectivity index (χ0) is 12.5. The van der Waals surface area contributed by atoms with Crippen LogP contribution >= 0.6 is 0 Å². The molecule has 0 bridgehead atoms. The molecule has 0 aliphatic heterocycles. The summed E-state index contributed by atoms with van der Waals surface area (Å²) in [6.07, 6.45) is 0. The minimum atomic E-state index is -0.328. The topological polar surface area (TPSA) is 20.3 Å². The summed E-state index contributed by atoms with van der Waals surface area (Å²) in [6.45, 7) is 7.23. The van der Waals surface area contributed by atoms with E-state index >= 15 is 0 Å². The number of halogens is 1. The number of benzene rings is 1. The average Bonchev–Trinajstić information content (AvgIpc) is 2.19. The van der Waals surface area contributed by atoms with Crippen molar-refractivity contribution in [2.24, 2.45) is 0 Å². The van der Waals surface area contributed by atoms with Gasteiger partial charge in [-0.3, -0.25) is 4.79 Å². The van der Waals surface area contributed by atoms with Crippen LogP contribution in [0.2, 0.25) is 0 Å². The number of Topliss-reactive ketones (excluding diaryl/α,β-unsaturated/α-hetero) is 1. The van der Waals surface area contributed by atoms with Gasteiger partial charge in [-0.05, 0) is 45.4 Å². The van der Waals surface area contributed by atoms with Gasteiger partial charge in [0.25, 0.3) is 0 Å². The Morgan fingerprint density at radius 2 is 1.94 bits per heavy atom. The first-order valence-electron chi connectivity index (χ1n) is 5.38. The number of carbonyl (C=O) groups excluding carboxylic acids is 1. The lowest BCUT2D eigenvalue weighted by Crippen LogP contribution is -2.27. The molecule has 0 amide bonds. The largest absolute Gasteiger partial charge is 0.372 e. The van der Waals surface area contributed by atoms with Gasteiger partial charge in [0.05, 0.1) is 0 Å². The number of hydrogen-bond donors (Lipinski definition) is 0. The number of ketones is 1. The Kier molecular flexibility index (Phi) is 3.68. The normalized spacial score (nSPS) is 10.7. The highest BCUT2D eigenvalue weighted by Gasteiger charge is 2.15. The van der Waals surface area contributed by atoms with E-state index in [9.17, 15) is 9.18 Å². The minimum absolute atomic E-state index is 0.110. The Hall–Kier alpha value is -1.38. The second kappa shape index (κ2) is 4.64. The van der Waals surface area contributed by atoms with E-state index < -0.39 is 0 Å². The Morgan fingerprint density at radius 1 is 1.38 bits per heavy atom. The predicted molar refractivity (Wildman–Crippen MR) is 64.7 cm³/mol. The third-order valence-corrected chi connectivity index (χ3v) is 2.81. The zero-order valence-electron chi connectivity index (χ0n) is 10.5. The first-order chi connectivity index (χ1) is 7.34. The van der Waals surface area contributed by atoms with Gasteiger partial charge in [0.1, 0.15) is 5.82 Å². The van der Waals surface area contributed by atoms with Crippen LogP contribution in [0.4, 0.5) is 10.1 Å². The summed E-state index contributed by atoms with van der Waals surface area (Å²) in [5, 5.41) is 0. The van der Waals surface area contributed by atoms with E-state index in [-0.39, 0.29) is 17.6 Å². The van der Waals surface area contributed by atoms with Crippen molar-refractivity contribution in [3.8, 4) is 0 Å². The number of aryl methyl sites for hydroxylation is 1. The van der Waals surface area contributed by atoms with Gasteiger partial charge in [-0.2, -0.15) is 0 Å². The molecule has 0 atom stereocenters.